The number of urea groups is 1. The van der Waals surface area contributed by atoms with Crippen LogP contribution in [0.15, 0.2) is 24.4 Å². The number of H-pyrrole nitrogens is 1. The van der Waals surface area contributed by atoms with Crippen LogP contribution in [0.3, 0.4) is 0 Å². The van der Waals surface area contributed by atoms with E-state index < -0.39 is 17.5 Å². The monoisotopic (exact) mass is 500 g/mol. The summed E-state index contributed by atoms with van der Waals surface area (Å²) >= 11 is 0. The standard InChI is InChI=1S/C26H31F3N6O/c27-17-10-19-20(14-31-24(19)21(28)11-17)23-16(12-30)9-22(29)25(34-23)32-13-15-4-3-5-18(8-15)33-26(36)35-6-1-2-7-35/h9-11,14-15,18,31H,1-8,12-13,30H2,(H,32,34)(H,33,36)/t15-,18-/m1/s1. The van der Waals surface area contributed by atoms with Gasteiger partial charge in [-0.15, -0.1) is 0 Å². The summed E-state index contributed by atoms with van der Waals surface area (Å²) in [6, 6.07) is 3.46. The number of aromatic nitrogens is 2. The molecular weight excluding hydrogens is 469 g/mol. The first-order valence-electron chi connectivity index (χ1n) is 12.6. The Morgan fingerprint density at radius 1 is 1.11 bits per heavy atom. The molecule has 2 aliphatic rings. The van der Waals surface area contributed by atoms with Gasteiger partial charge in [-0.3, -0.25) is 0 Å². The van der Waals surface area contributed by atoms with E-state index in [-0.39, 0.29) is 35.9 Å². The Kier molecular flexibility index (Phi) is 7.04. The fourth-order valence-corrected chi connectivity index (χ4v) is 5.42. The summed E-state index contributed by atoms with van der Waals surface area (Å²) in [7, 11) is 0. The molecule has 0 radical (unpaired) electrons. The molecule has 1 aliphatic heterocycles. The van der Waals surface area contributed by atoms with Crippen LogP contribution in [0.25, 0.3) is 22.2 Å². The van der Waals surface area contributed by atoms with E-state index in [1.807, 2.05) is 4.90 Å². The molecule has 7 nitrogen and oxygen atoms in total. The normalized spacial score (nSPS) is 20.2. The highest BCUT2D eigenvalue weighted by Crippen LogP contribution is 2.33. The van der Waals surface area contributed by atoms with Gasteiger partial charge in [0.15, 0.2) is 11.6 Å². The van der Waals surface area contributed by atoms with Gasteiger partial charge in [-0.2, -0.15) is 0 Å². The van der Waals surface area contributed by atoms with Crippen molar-refractivity contribution >= 4 is 22.8 Å². The third-order valence-electron chi connectivity index (χ3n) is 7.30. The molecule has 3 aromatic rings. The molecule has 2 aromatic heterocycles. The number of nitrogens with zero attached hydrogens (tertiary/aromatic N) is 2. The molecule has 36 heavy (non-hydrogen) atoms. The molecule has 192 valence electrons. The molecule has 1 saturated heterocycles. The summed E-state index contributed by atoms with van der Waals surface area (Å²) in [5.74, 6) is -1.64. The fraction of sp³-hybridized carbons (Fsp3) is 0.462. The number of nitrogens with two attached hydrogens (primary N) is 1. The Morgan fingerprint density at radius 2 is 1.92 bits per heavy atom. The quantitative estimate of drug-likeness (QED) is 0.388. The van der Waals surface area contributed by atoms with Crippen LogP contribution in [-0.4, -0.2) is 46.6 Å². The number of carbonyl (C=O) groups excluding carboxylic acids is 1. The van der Waals surface area contributed by atoms with Gasteiger partial charge in [0.1, 0.15) is 11.6 Å². The van der Waals surface area contributed by atoms with Crippen molar-refractivity contribution in [2.24, 2.45) is 11.7 Å². The van der Waals surface area contributed by atoms with Crippen molar-refractivity contribution in [1.29, 1.82) is 0 Å². The Balaban J connectivity index is 1.31. The molecule has 0 spiro atoms. The third kappa shape index (κ3) is 5.00. The third-order valence-corrected chi connectivity index (χ3v) is 7.30. The maximum absolute atomic E-state index is 14.9. The number of likely N-dealkylation sites (tertiary alicyclic amines) is 1. The second-order valence-corrected chi connectivity index (χ2v) is 9.80. The van der Waals surface area contributed by atoms with Crippen LogP contribution in [0.1, 0.15) is 44.1 Å². The van der Waals surface area contributed by atoms with Crippen molar-refractivity contribution in [2.75, 3.05) is 25.0 Å². The summed E-state index contributed by atoms with van der Waals surface area (Å²) in [4.78, 5) is 21.6. The average Bonchev–Trinajstić information content (AvgIpc) is 3.54. The molecule has 5 N–H and O–H groups in total. The molecule has 2 fully saturated rings. The molecule has 2 amide bonds. The second-order valence-electron chi connectivity index (χ2n) is 9.80. The van der Waals surface area contributed by atoms with Crippen molar-refractivity contribution in [1.82, 2.24) is 20.2 Å². The van der Waals surface area contributed by atoms with Gasteiger partial charge in [0, 0.05) is 55.4 Å². The Bertz CT molecular complexity index is 1260. The molecule has 0 unspecified atom stereocenters. The van der Waals surface area contributed by atoms with Crippen LogP contribution >= 0.6 is 0 Å². The molecule has 10 heteroatoms. The van der Waals surface area contributed by atoms with Crippen LogP contribution in [0.5, 0.6) is 0 Å². The Morgan fingerprint density at radius 3 is 2.69 bits per heavy atom. The molecule has 1 aliphatic carbocycles. The number of rotatable bonds is 6. The highest BCUT2D eigenvalue weighted by molar-refractivity contribution is 5.95. The minimum Gasteiger partial charge on any atom is -0.367 e. The minimum atomic E-state index is -0.713. The molecule has 3 heterocycles. The summed E-state index contributed by atoms with van der Waals surface area (Å²) in [5, 5.41) is 6.60. The predicted molar refractivity (Wildman–Crippen MR) is 133 cm³/mol. The molecular formula is C26H31F3N6O. The number of aromatic amines is 1. The van der Waals surface area contributed by atoms with Crippen molar-refractivity contribution in [3.8, 4) is 11.3 Å². The number of carbonyl (C=O) groups is 1. The summed E-state index contributed by atoms with van der Waals surface area (Å²) in [5.41, 5.74) is 7.26. The first kappa shape index (κ1) is 24.4. The number of benzene rings is 1. The first-order valence-corrected chi connectivity index (χ1v) is 12.6. The molecule has 2 atom stereocenters. The smallest absolute Gasteiger partial charge is 0.317 e. The van der Waals surface area contributed by atoms with Gasteiger partial charge in [-0.25, -0.2) is 22.9 Å². The molecule has 5 rings (SSSR count). The van der Waals surface area contributed by atoms with E-state index in [2.05, 4.69) is 20.6 Å². The lowest BCUT2D eigenvalue weighted by molar-refractivity contribution is 0.196. The number of hydrogen-bond acceptors (Lipinski definition) is 4. The summed E-state index contributed by atoms with van der Waals surface area (Å²) in [6.45, 7) is 2.14. The van der Waals surface area contributed by atoms with E-state index in [4.69, 9.17) is 5.73 Å². The van der Waals surface area contributed by atoms with Crippen LogP contribution in [0.2, 0.25) is 0 Å². The van der Waals surface area contributed by atoms with Gasteiger partial charge >= 0.3 is 6.03 Å². The van der Waals surface area contributed by atoms with Crippen molar-refractivity contribution < 1.29 is 18.0 Å². The van der Waals surface area contributed by atoms with E-state index in [0.717, 1.165) is 57.7 Å². The zero-order valence-corrected chi connectivity index (χ0v) is 20.0. The van der Waals surface area contributed by atoms with Crippen LogP contribution < -0.4 is 16.4 Å². The maximum atomic E-state index is 14.9. The zero-order chi connectivity index (χ0) is 25.2. The molecule has 1 aromatic carbocycles. The van der Waals surface area contributed by atoms with Gasteiger partial charge in [0.2, 0.25) is 0 Å². The predicted octanol–water partition coefficient (Wildman–Crippen LogP) is 4.88. The number of nitrogens with one attached hydrogen (secondary N) is 3. The molecule has 1 saturated carbocycles. The number of anilines is 1. The van der Waals surface area contributed by atoms with E-state index >= 15 is 0 Å². The van der Waals surface area contributed by atoms with Gasteiger partial charge in [0.05, 0.1) is 11.2 Å². The van der Waals surface area contributed by atoms with E-state index in [0.29, 0.717) is 28.8 Å². The number of pyridine rings is 1. The summed E-state index contributed by atoms with van der Waals surface area (Å²) in [6.07, 6.45) is 7.34. The van der Waals surface area contributed by atoms with E-state index in [1.165, 1.54) is 18.3 Å². The van der Waals surface area contributed by atoms with Crippen molar-refractivity contribution in [3.05, 3.63) is 47.4 Å². The van der Waals surface area contributed by atoms with E-state index in [1.54, 1.807) is 0 Å². The lowest BCUT2D eigenvalue weighted by Crippen LogP contribution is -2.45. The highest BCUT2D eigenvalue weighted by Gasteiger charge is 2.26. The number of amides is 2. The number of fused-ring (bicyclic) bond motifs is 1. The minimum absolute atomic E-state index is 0.00689. The van der Waals surface area contributed by atoms with Gasteiger partial charge < -0.3 is 26.3 Å². The zero-order valence-electron chi connectivity index (χ0n) is 20.0. The molecule has 0 bridgehead atoms. The SMILES string of the molecule is NCc1cc(F)c(NC[C@@H]2CCC[C@@H](NC(=O)N3CCCC3)C2)nc1-c1c[nH]c2c(F)cc(F)cc12. The second kappa shape index (κ2) is 10.4. The van der Waals surface area contributed by atoms with Crippen LogP contribution in [-0.2, 0) is 6.54 Å². The maximum Gasteiger partial charge on any atom is 0.317 e. The lowest BCUT2D eigenvalue weighted by atomic mass is 9.85. The lowest BCUT2D eigenvalue weighted by Gasteiger charge is -2.31. The summed E-state index contributed by atoms with van der Waals surface area (Å²) < 4.78 is 43.0. The van der Waals surface area contributed by atoms with Gasteiger partial charge in [-0.05, 0) is 55.7 Å². The van der Waals surface area contributed by atoms with Gasteiger partial charge in [0.25, 0.3) is 0 Å². The van der Waals surface area contributed by atoms with Crippen LogP contribution in [0, 0.1) is 23.4 Å². The Labute approximate surface area is 207 Å². The van der Waals surface area contributed by atoms with Crippen LogP contribution in [0.4, 0.5) is 23.8 Å². The first-order chi connectivity index (χ1) is 17.4. The van der Waals surface area contributed by atoms with E-state index in [9.17, 15) is 18.0 Å². The van der Waals surface area contributed by atoms with Crippen molar-refractivity contribution in [3.63, 3.8) is 0 Å². The average molecular weight is 501 g/mol. The fourth-order valence-electron chi connectivity index (χ4n) is 5.42. The number of halogens is 3. The largest absolute Gasteiger partial charge is 0.367 e. The Hall–Kier alpha value is -3.27. The van der Waals surface area contributed by atoms with Gasteiger partial charge in [-0.1, -0.05) is 6.42 Å². The van der Waals surface area contributed by atoms with Crippen molar-refractivity contribution in [2.45, 2.75) is 51.1 Å². The number of hydrogen-bond donors (Lipinski definition) is 4. The highest BCUT2D eigenvalue weighted by atomic mass is 19.1. The topological polar surface area (TPSA) is 99.1 Å².